The minimum Gasteiger partial charge on any atom is -0.291 e. The second-order valence-corrected chi connectivity index (χ2v) is 18.1. The Hall–Kier alpha value is 0.0938. The van der Waals surface area contributed by atoms with E-state index in [9.17, 15) is 0 Å². The van der Waals surface area contributed by atoms with Crippen molar-refractivity contribution < 1.29 is 0 Å². The van der Waals surface area contributed by atoms with Gasteiger partial charge in [-0.05, 0) is 51.9 Å². The molecule has 0 saturated carbocycles. The first-order valence-corrected chi connectivity index (χ1v) is 20.2. The maximum absolute atomic E-state index is 4.04. The van der Waals surface area contributed by atoms with Crippen molar-refractivity contribution in [3.8, 4) is 0 Å². The highest BCUT2D eigenvalue weighted by Crippen LogP contribution is 2.18. The highest BCUT2D eigenvalue weighted by atomic mass is 28.3. The van der Waals surface area contributed by atoms with E-state index in [2.05, 4.69) is 62.9 Å². The van der Waals surface area contributed by atoms with Crippen molar-refractivity contribution in [1.82, 2.24) is 9.80 Å². The molecule has 0 atom stereocenters. The number of nitrogens with zero attached hydrogens (tertiary/aromatic N) is 2. The summed E-state index contributed by atoms with van der Waals surface area (Å²) in [4.78, 5) is 5.88. The molecule has 0 N–H and O–H groups in total. The molecule has 0 aliphatic heterocycles. The molecule has 0 spiro atoms. The smallest absolute Gasteiger partial charge is 0.0709 e. The van der Waals surface area contributed by atoms with Gasteiger partial charge in [-0.2, -0.15) is 0 Å². The Labute approximate surface area is 214 Å². The van der Waals surface area contributed by atoms with Gasteiger partial charge < -0.3 is 0 Å². The molecule has 2 nitrogen and oxygen atoms in total. The van der Waals surface area contributed by atoms with Crippen molar-refractivity contribution in [2.75, 3.05) is 26.2 Å². The van der Waals surface area contributed by atoms with E-state index in [1.165, 1.54) is 122 Å². The molecule has 0 bridgehead atoms. The highest BCUT2D eigenvalue weighted by Gasteiger charge is 2.24. The van der Waals surface area contributed by atoms with Gasteiger partial charge in [-0.1, -0.05) is 117 Å². The molecule has 0 fully saturated rings. The molecule has 0 amide bonds. The molecule has 0 aromatic heterocycles. The van der Waals surface area contributed by atoms with Crippen LogP contribution in [0.1, 0.15) is 118 Å². The summed E-state index contributed by atoms with van der Waals surface area (Å²) in [6.07, 6.45) is 19.5. The zero-order valence-electron chi connectivity index (χ0n) is 24.1. The van der Waals surface area contributed by atoms with Crippen LogP contribution in [0.3, 0.4) is 0 Å². The van der Waals surface area contributed by atoms with E-state index in [1.807, 2.05) is 0 Å². The molecule has 0 rings (SSSR count). The largest absolute Gasteiger partial charge is 0.291 e. The van der Waals surface area contributed by atoms with Gasteiger partial charge in [-0.25, -0.2) is 0 Å². The SMILES string of the molecule is C=C[Si](C)(C)CCCCCCCC[SiH2]C(N(CCCC)CCCC)N(CCCC)CCCC. The van der Waals surface area contributed by atoms with E-state index in [4.69, 9.17) is 0 Å². The topological polar surface area (TPSA) is 6.48 Å². The molecular weight excluding hydrogens is 433 g/mol. The predicted molar refractivity (Wildman–Crippen MR) is 160 cm³/mol. The van der Waals surface area contributed by atoms with Crippen molar-refractivity contribution in [1.29, 1.82) is 0 Å². The van der Waals surface area contributed by atoms with Crippen LogP contribution in [0.5, 0.6) is 0 Å². The van der Waals surface area contributed by atoms with E-state index < -0.39 is 8.07 Å². The van der Waals surface area contributed by atoms with Gasteiger partial charge in [0.25, 0.3) is 0 Å². The van der Waals surface area contributed by atoms with Gasteiger partial charge >= 0.3 is 0 Å². The summed E-state index contributed by atoms with van der Waals surface area (Å²) >= 11 is 0. The zero-order valence-corrected chi connectivity index (χ0v) is 26.5. The van der Waals surface area contributed by atoms with Crippen LogP contribution in [0.4, 0.5) is 0 Å². The van der Waals surface area contributed by atoms with Gasteiger partial charge in [0.2, 0.25) is 0 Å². The molecule has 0 aromatic rings. The Bertz CT molecular complexity index is 392. The van der Waals surface area contributed by atoms with Gasteiger partial charge in [0.1, 0.15) is 0 Å². The number of unbranched alkanes of at least 4 members (excludes halogenated alkanes) is 9. The molecule has 0 aliphatic rings. The summed E-state index contributed by atoms with van der Waals surface area (Å²) in [6.45, 7) is 23.7. The van der Waals surface area contributed by atoms with Gasteiger partial charge in [-0.15, -0.1) is 12.3 Å². The molecule has 33 heavy (non-hydrogen) atoms. The fourth-order valence-corrected chi connectivity index (χ4v) is 8.59. The zero-order chi connectivity index (χ0) is 24.8. The van der Waals surface area contributed by atoms with Crippen LogP contribution in [0.2, 0.25) is 25.2 Å². The van der Waals surface area contributed by atoms with Crippen molar-refractivity contribution in [2.45, 2.75) is 149 Å². The molecule has 0 radical (unpaired) electrons. The van der Waals surface area contributed by atoms with Crippen molar-refractivity contribution in [3.05, 3.63) is 12.3 Å². The van der Waals surface area contributed by atoms with Crippen LogP contribution in [0.15, 0.2) is 12.3 Å². The Kier molecular flexibility index (Phi) is 22.6. The Morgan fingerprint density at radius 2 is 1.03 bits per heavy atom. The molecule has 0 unspecified atom stereocenters. The van der Waals surface area contributed by atoms with Crippen LogP contribution in [0.25, 0.3) is 0 Å². The maximum Gasteiger partial charge on any atom is 0.0709 e. The molecular formula is C29H64N2Si2. The lowest BCUT2D eigenvalue weighted by Crippen LogP contribution is -2.53. The maximum atomic E-state index is 4.04. The van der Waals surface area contributed by atoms with E-state index in [0.29, 0.717) is 0 Å². The van der Waals surface area contributed by atoms with Crippen LogP contribution in [-0.4, -0.2) is 59.4 Å². The fourth-order valence-electron chi connectivity index (χ4n) is 4.75. The molecule has 198 valence electrons. The highest BCUT2D eigenvalue weighted by molar-refractivity contribution is 6.82. The third kappa shape index (κ3) is 18.1. The molecule has 0 aromatic carbocycles. The van der Waals surface area contributed by atoms with Crippen molar-refractivity contribution >= 4 is 17.6 Å². The summed E-state index contributed by atoms with van der Waals surface area (Å²) in [7, 11) is -1.17. The fraction of sp³-hybridized carbons (Fsp3) is 0.931. The van der Waals surface area contributed by atoms with Gasteiger partial charge in [-0.3, -0.25) is 9.80 Å². The number of rotatable bonds is 25. The van der Waals surface area contributed by atoms with E-state index in [-0.39, 0.29) is 9.52 Å². The molecule has 0 saturated heterocycles. The van der Waals surface area contributed by atoms with E-state index in [0.717, 1.165) is 5.79 Å². The van der Waals surface area contributed by atoms with Crippen LogP contribution < -0.4 is 0 Å². The third-order valence-corrected chi connectivity index (χ3v) is 12.6. The standard InChI is InChI=1S/C29H64N2Si2/c1-8-13-23-30(24-14-9-2)29(31(25-15-10-3)26-16-11-4)32-27-21-19-17-18-20-22-28-33(6,7)12-5/h12,29H,5,8-11,13-28,32H2,1-4,6-7H3. The average Bonchev–Trinajstić information content (AvgIpc) is 2.81. The number of hydrogen-bond donors (Lipinski definition) is 0. The van der Waals surface area contributed by atoms with Gasteiger partial charge in [0.05, 0.1) is 17.6 Å². The predicted octanol–water partition coefficient (Wildman–Crippen LogP) is 8.44. The van der Waals surface area contributed by atoms with E-state index >= 15 is 0 Å². The average molecular weight is 497 g/mol. The lowest BCUT2D eigenvalue weighted by atomic mass is 10.1. The lowest BCUT2D eigenvalue weighted by Gasteiger charge is -2.40. The molecule has 4 heteroatoms. The summed E-state index contributed by atoms with van der Waals surface area (Å²) in [5.41, 5.74) is 2.27. The second kappa shape index (κ2) is 22.6. The van der Waals surface area contributed by atoms with Gasteiger partial charge in [0, 0.05) is 5.79 Å². The molecule has 0 aliphatic carbocycles. The Morgan fingerprint density at radius 3 is 1.42 bits per heavy atom. The quantitative estimate of drug-likeness (QED) is 0.0710. The van der Waals surface area contributed by atoms with Crippen molar-refractivity contribution in [3.63, 3.8) is 0 Å². The minimum absolute atomic E-state index is 0.101. The third-order valence-electron chi connectivity index (χ3n) is 7.37. The first-order valence-electron chi connectivity index (χ1n) is 15.1. The molecule has 0 heterocycles. The summed E-state index contributed by atoms with van der Waals surface area (Å²) in [5, 5.41) is 0. The Morgan fingerprint density at radius 1 is 0.636 bits per heavy atom. The number of hydrogen-bond acceptors (Lipinski definition) is 2. The van der Waals surface area contributed by atoms with Crippen LogP contribution in [0, 0.1) is 0 Å². The lowest BCUT2D eigenvalue weighted by molar-refractivity contribution is 0.0899. The summed E-state index contributed by atoms with van der Waals surface area (Å²) in [6, 6.07) is 2.98. The monoisotopic (exact) mass is 496 g/mol. The van der Waals surface area contributed by atoms with Crippen molar-refractivity contribution in [2.24, 2.45) is 0 Å². The van der Waals surface area contributed by atoms with Crippen LogP contribution in [-0.2, 0) is 0 Å². The minimum atomic E-state index is -1.07. The van der Waals surface area contributed by atoms with Crippen LogP contribution >= 0.6 is 0 Å². The summed E-state index contributed by atoms with van der Waals surface area (Å²) < 4.78 is 0. The summed E-state index contributed by atoms with van der Waals surface area (Å²) in [5.74, 6) is 0.812. The first kappa shape index (κ1) is 33.1. The second-order valence-electron chi connectivity index (χ2n) is 11.2. The van der Waals surface area contributed by atoms with Gasteiger partial charge in [0.15, 0.2) is 0 Å². The Balaban J connectivity index is 4.68. The first-order chi connectivity index (χ1) is 16.0. The van der Waals surface area contributed by atoms with E-state index in [1.54, 1.807) is 6.04 Å². The normalized spacial score (nSPS) is 12.8.